The van der Waals surface area contributed by atoms with Gasteiger partial charge in [0.15, 0.2) is 11.9 Å². The van der Waals surface area contributed by atoms with E-state index in [1.54, 1.807) is 4.90 Å². The molecule has 3 atom stereocenters. The number of benzene rings is 1. The largest absolute Gasteiger partial charge is 0.444 e. The smallest absolute Gasteiger partial charge is 0.410 e. The summed E-state index contributed by atoms with van der Waals surface area (Å²) in [5.74, 6) is -0.199. The molecule has 1 N–H and O–H groups in total. The van der Waals surface area contributed by atoms with E-state index in [1.165, 1.54) is 0 Å². The zero-order chi connectivity index (χ0) is 23.8. The van der Waals surface area contributed by atoms with Crippen molar-refractivity contribution in [1.82, 2.24) is 20.0 Å². The third-order valence-corrected chi connectivity index (χ3v) is 6.64. The van der Waals surface area contributed by atoms with E-state index in [1.807, 2.05) is 50.6 Å². The van der Waals surface area contributed by atoms with Gasteiger partial charge >= 0.3 is 6.09 Å². The summed E-state index contributed by atoms with van der Waals surface area (Å²) in [6.45, 7) is 8.83. The van der Waals surface area contributed by atoms with Gasteiger partial charge in [0, 0.05) is 35.1 Å². The fraction of sp³-hybridized carbons (Fsp3) is 0.625. The average molecular weight is 521 g/mol. The van der Waals surface area contributed by atoms with E-state index in [-0.39, 0.29) is 30.3 Å². The molecule has 2 amide bonds. The molecular formula is C24H33BrN4O4. The molecule has 3 unspecified atom stereocenters. The Balaban J connectivity index is 1.48. The highest BCUT2D eigenvalue weighted by Crippen LogP contribution is 2.30. The third kappa shape index (κ3) is 5.51. The second kappa shape index (κ2) is 9.62. The maximum absolute atomic E-state index is 13.3. The van der Waals surface area contributed by atoms with Gasteiger partial charge in [-0.1, -0.05) is 15.9 Å². The standard InChI is InChI=1S/C24H33BrN4O4/c1-15-13-17(10-11-28(15)23(31)33-24(2,3)4)26-22(30)21-18-14-16(25)8-9-19(18)29(27-21)20-7-5-6-12-32-20/h8-9,14-15,17,20H,5-7,10-13H2,1-4H3,(H,26,30). The fourth-order valence-corrected chi connectivity index (χ4v) is 4.93. The molecule has 0 aliphatic carbocycles. The van der Waals surface area contributed by atoms with Crippen LogP contribution in [-0.4, -0.2) is 57.5 Å². The molecule has 9 heteroatoms. The van der Waals surface area contributed by atoms with E-state index in [9.17, 15) is 9.59 Å². The van der Waals surface area contributed by atoms with Crippen molar-refractivity contribution in [1.29, 1.82) is 0 Å². The first-order valence-corrected chi connectivity index (χ1v) is 12.5. The molecule has 33 heavy (non-hydrogen) atoms. The molecule has 1 aromatic heterocycles. The monoisotopic (exact) mass is 520 g/mol. The van der Waals surface area contributed by atoms with Crippen LogP contribution in [0.4, 0.5) is 4.79 Å². The average Bonchev–Trinajstić information content (AvgIpc) is 3.12. The van der Waals surface area contributed by atoms with Gasteiger partial charge in [-0.3, -0.25) is 4.79 Å². The minimum Gasteiger partial charge on any atom is -0.444 e. The lowest BCUT2D eigenvalue weighted by atomic mass is 9.98. The van der Waals surface area contributed by atoms with Crippen LogP contribution in [-0.2, 0) is 9.47 Å². The molecule has 2 saturated heterocycles. The van der Waals surface area contributed by atoms with Gasteiger partial charge in [0.1, 0.15) is 5.60 Å². The topological polar surface area (TPSA) is 85.7 Å². The van der Waals surface area contributed by atoms with E-state index < -0.39 is 5.60 Å². The van der Waals surface area contributed by atoms with E-state index in [2.05, 4.69) is 21.2 Å². The number of fused-ring (bicyclic) bond motifs is 1. The number of carbonyl (C=O) groups is 2. The second-order valence-corrected chi connectivity index (χ2v) is 10.9. The Bertz CT molecular complexity index is 1030. The molecule has 2 aliphatic heterocycles. The SMILES string of the molecule is CC1CC(NC(=O)c2nn(C3CCCCO3)c3ccc(Br)cc23)CCN1C(=O)OC(C)(C)C. The molecule has 0 saturated carbocycles. The Labute approximate surface area is 203 Å². The first kappa shape index (κ1) is 24.0. The first-order chi connectivity index (χ1) is 15.6. The number of rotatable bonds is 3. The van der Waals surface area contributed by atoms with Crippen molar-refractivity contribution in [3.05, 3.63) is 28.4 Å². The Morgan fingerprint density at radius 3 is 2.70 bits per heavy atom. The molecule has 2 fully saturated rings. The molecule has 180 valence electrons. The number of hydrogen-bond acceptors (Lipinski definition) is 5. The molecule has 0 radical (unpaired) electrons. The summed E-state index contributed by atoms with van der Waals surface area (Å²) in [5.41, 5.74) is 0.768. The van der Waals surface area contributed by atoms with Crippen LogP contribution in [0.2, 0.25) is 0 Å². The van der Waals surface area contributed by atoms with Crippen LogP contribution in [0.25, 0.3) is 10.9 Å². The second-order valence-electron chi connectivity index (χ2n) is 9.99. The van der Waals surface area contributed by atoms with E-state index in [4.69, 9.17) is 14.6 Å². The zero-order valence-electron chi connectivity index (χ0n) is 19.8. The van der Waals surface area contributed by atoms with Gasteiger partial charge in [-0.25, -0.2) is 9.48 Å². The van der Waals surface area contributed by atoms with Crippen molar-refractivity contribution < 1.29 is 19.1 Å². The summed E-state index contributed by atoms with van der Waals surface area (Å²) in [6, 6.07) is 5.80. The van der Waals surface area contributed by atoms with Crippen molar-refractivity contribution >= 4 is 38.8 Å². The van der Waals surface area contributed by atoms with Gasteiger partial charge in [-0.05, 0) is 78.0 Å². The summed E-state index contributed by atoms with van der Waals surface area (Å²) in [7, 11) is 0. The summed E-state index contributed by atoms with van der Waals surface area (Å²) < 4.78 is 14.2. The number of nitrogens with zero attached hydrogens (tertiary/aromatic N) is 3. The van der Waals surface area contributed by atoms with Crippen molar-refractivity contribution in [2.24, 2.45) is 0 Å². The van der Waals surface area contributed by atoms with Crippen LogP contribution in [0, 0.1) is 0 Å². The molecule has 0 bridgehead atoms. The maximum atomic E-state index is 13.3. The van der Waals surface area contributed by atoms with Gasteiger partial charge in [0.2, 0.25) is 0 Å². The lowest BCUT2D eigenvalue weighted by Gasteiger charge is -2.38. The lowest BCUT2D eigenvalue weighted by Crippen LogP contribution is -2.52. The lowest BCUT2D eigenvalue weighted by molar-refractivity contribution is -0.0368. The van der Waals surface area contributed by atoms with Crippen LogP contribution in [0.3, 0.4) is 0 Å². The van der Waals surface area contributed by atoms with Crippen molar-refractivity contribution in [3.8, 4) is 0 Å². The van der Waals surface area contributed by atoms with Crippen LogP contribution < -0.4 is 5.32 Å². The van der Waals surface area contributed by atoms with Crippen molar-refractivity contribution in [3.63, 3.8) is 0 Å². The molecule has 0 spiro atoms. The van der Waals surface area contributed by atoms with Crippen LogP contribution >= 0.6 is 15.9 Å². The Hall–Kier alpha value is -2.13. The highest BCUT2D eigenvalue weighted by Gasteiger charge is 2.33. The van der Waals surface area contributed by atoms with E-state index >= 15 is 0 Å². The quantitative estimate of drug-likeness (QED) is 0.614. The van der Waals surface area contributed by atoms with E-state index in [0.29, 0.717) is 31.7 Å². The van der Waals surface area contributed by atoms with Crippen molar-refractivity contribution in [2.45, 2.75) is 83.7 Å². The van der Waals surface area contributed by atoms with Gasteiger partial charge in [0.05, 0.1) is 5.52 Å². The number of halogens is 1. The zero-order valence-corrected chi connectivity index (χ0v) is 21.4. The number of nitrogens with one attached hydrogen (secondary N) is 1. The van der Waals surface area contributed by atoms with Crippen LogP contribution in [0.1, 0.15) is 76.5 Å². The number of ether oxygens (including phenoxy) is 2. The number of likely N-dealkylation sites (tertiary alicyclic amines) is 1. The highest BCUT2D eigenvalue weighted by molar-refractivity contribution is 9.10. The summed E-state index contributed by atoms with van der Waals surface area (Å²) in [6.07, 6.45) is 3.90. The third-order valence-electron chi connectivity index (χ3n) is 6.15. The number of carbonyl (C=O) groups excluding carboxylic acids is 2. The summed E-state index contributed by atoms with van der Waals surface area (Å²) in [4.78, 5) is 27.5. The molecule has 4 rings (SSSR count). The predicted octanol–water partition coefficient (Wildman–Crippen LogP) is 5.02. The number of amides is 2. The first-order valence-electron chi connectivity index (χ1n) is 11.7. The fourth-order valence-electron chi connectivity index (χ4n) is 4.57. The molecule has 3 heterocycles. The van der Waals surface area contributed by atoms with E-state index in [0.717, 1.165) is 34.6 Å². The summed E-state index contributed by atoms with van der Waals surface area (Å²) in [5, 5.41) is 8.65. The van der Waals surface area contributed by atoms with Gasteiger partial charge < -0.3 is 19.7 Å². The molecular weight excluding hydrogens is 488 g/mol. The number of hydrogen-bond donors (Lipinski definition) is 1. The Kier molecular flexibility index (Phi) is 7.00. The van der Waals surface area contributed by atoms with Gasteiger partial charge in [-0.2, -0.15) is 5.10 Å². The predicted molar refractivity (Wildman–Crippen MR) is 129 cm³/mol. The summed E-state index contributed by atoms with van der Waals surface area (Å²) >= 11 is 3.52. The number of piperidine rings is 1. The van der Waals surface area contributed by atoms with Crippen LogP contribution in [0.15, 0.2) is 22.7 Å². The normalized spacial score (nSPS) is 24.0. The maximum Gasteiger partial charge on any atom is 0.410 e. The Morgan fingerprint density at radius 1 is 1.24 bits per heavy atom. The minimum atomic E-state index is -0.530. The Morgan fingerprint density at radius 2 is 2.03 bits per heavy atom. The highest BCUT2D eigenvalue weighted by atomic mass is 79.9. The molecule has 8 nitrogen and oxygen atoms in total. The van der Waals surface area contributed by atoms with Gasteiger partial charge in [-0.15, -0.1) is 0 Å². The minimum absolute atomic E-state index is 0.0296. The number of aromatic nitrogens is 2. The molecule has 2 aliphatic rings. The van der Waals surface area contributed by atoms with Crippen LogP contribution in [0.5, 0.6) is 0 Å². The molecule has 1 aromatic carbocycles. The van der Waals surface area contributed by atoms with Gasteiger partial charge in [0.25, 0.3) is 5.91 Å². The molecule has 2 aromatic rings. The van der Waals surface area contributed by atoms with Crippen molar-refractivity contribution in [2.75, 3.05) is 13.2 Å².